The molecule has 1 amide bonds. The van der Waals surface area contributed by atoms with Gasteiger partial charge in [-0.3, -0.25) is 14.9 Å². The van der Waals surface area contributed by atoms with Crippen LogP contribution in [-0.2, 0) is 4.79 Å². The summed E-state index contributed by atoms with van der Waals surface area (Å²) in [5.41, 5.74) is 1.20. The van der Waals surface area contributed by atoms with Crippen LogP contribution in [0.2, 0.25) is 0 Å². The third kappa shape index (κ3) is 5.22. The highest BCUT2D eigenvalue weighted by atomic mass is 32.2. The molecule has 7 heteroatoms. The Bertz CT molecular complexity index is 760. The normalized spacial score (nSPS) is 10.6. The molecule has 0 aliphatic carbocycles. The van der Waals surface area contributed by atoms with Gasteiger partial charge in [0, 0.05) is 4.90 Å². The molecule has 0 bridgehead atoms. The largest absolute Gasteiger partial charge is 0.496 e. The zero-order valence-electron chi connectivity index (χ0n) is 14.3. The third-order valence-electron chi connectivity index (χ3n) is 3.59. The number of methoxy groups -OCH3 is 1. The number of ether oxygens (including phenoxy) is 1. The molecule has 0 aliphatic rings. The Kier molecular flexibility index (Phi) is 6.41. The number of nitro groups is 1. The zero-order chi connectivity index (χ0) is 18.4. The first kappa shape index (κ1) is 18.8. The Morgan fingerprint density at radius 2 is 1.92 bits per heavy atom. The van der Waals surface area contributed by atoms with Gasteiger partial charge in [-0.25, -0.2) is 0 Å². The lowest BCUT2D eigenvalue weighted by Crippen LogP contribution is -2.15. The van der Waals surface area contributed by atoms with E-state index >= 15 is 0 Å². The molecule has 6 nitrogen and oxygen atoms in total. The maximum Gasteiger partial charge on any atom is 0.296 e. The molecule has 132 valence electrons. The van der Waals surface area contributed by atoms with Gasteiger partial charge in [0.15, 0.2) is 0 Å². The summed E-state index contributed by atoms with van der Waals surface area (Å²) in [4.78, 5) is 23.7. The van der Waals surface area contributed by atoms with Crippen molar-refractivity contribution in [1.82, 2.24) is 0 Å². The monoisotopic (exact) mass is 360 g/mol. The maximum absolute atomic E-state index is 12.1. The third-order valence-corrected chi connectivity index (χ3v) is 4.60. The first-order valence-corrected chi connectivity index (χ1v) is 8.74. The standard InChI is InChI=1S/C18H20N2O4S/c1-12(2)13-4-7-15(8-5-13)25-11-18(21)19-16-9-6-14(24-3)10-17(16)20(22)23/h4-10,12H,11H2,1-3H3,(H,19,21). The second kappa shape index (κ2) is 8.53. The fraction of sp³-hybridized carbons (Fsp3) is 0.278. The average Bonchev–Trinajstić information content (AvgIpc) is 2.60. The van der Waals surface area contributed by atoms with Gasteiger partial charge in [-0.1, -0.05) is 26.0 Å². The predicted octanol–water partition coefficient (Wildman–Crippen LogP) is 4.46. The van der Waals surface area contributed by atoms with E-state index in [2.05, 4.69) is 19.2 Å². The summed E-state index contributed by atoms with van der Waals surface area (Å²) in [5, 5.41) is 13.7. The van der Waals surface area contributed by atoms with Crippen molar-refractivity contribution >= 4 is 29.0 Å². The number of amides is 1. The number of nitro benzene ring substituents is 1. The maximum atomic E-state index is 12.1. The van der Waals surface area contributed by atoms with E-state index in [9.17, 15) is 14.9 Å². The van der Waals surface area contributed by atoms with Crippen LogP contribution in [0.25, 0.3) is 0 Å². The first-order chi connectivity index (χ1) is 11.9. The van der Waals surface area contributed by atoms with Gasteiger partial charge in [0.1, 0.15) is 11.4 Å². The summed E-state index contributed by atoms with van der Waals surface area (Å²) in [6.45, 7) is 4.24. The van der Waals surface area contributed by atoms with E-state index in [1.54, 1.807) is 6.07 Å². The number of thioether (sulfide) groups is 1. The Morgan fingerprint density at radius 1 is 1.24 bits per heavy atom. The quantitative estimate of drug-likeness (QED) is 0.448. The minimum Gasteiger partial charge on any atom is -0.496 e. The van der Waals surface area contributed by atoms with Crippen LogP contribution in [0.1, 0.15) is 25.3 Å². The van der Waals surface area contributed by atoms with E-state index in [1.165, 1.54) is 36.6 Å². The van der Waals surface area contributed by atoms with Crippen molar-refractivity contribution in [3.05, 3.63) is 58.1 Å². The summed E-state index contributed by atoms with van der Waals surface area (Å²) in [6, 6.07) is 12.4. The van der Waals surface area contributed by atoms with Crippen LogP contribution in [0.4, 0.5) is 11.4 Å². The van der Waals surface area contributed by atoms with Crippen molar-refractivity contribution in [2.45, 2.75) is 24.7 Å². The molecule has 1 N–H and O–H groups in total. The van der Waals surface area contributed by atoms with Crippen LogP contribution in [0.15, 0.2) is 47.4 Å². The van der Waals surface area contributed by atoms with E-state index in [0.717, 1.165) is 4.90 Å². The van der Waals surface area contributed by atoms with E-state index < -0.39 is 4.92 Å². The summed E-state index contributed by atoms with van der Waals surface area (Å²) in [5.74, 6) is 0.693. The van der Waals surface area contributed by atoms with Crippen LogP contribution in [0.3, 0.4) is 0 Å². The summed E-state index contributed by atoms with van der Waals surface area (Å²) in [7, 11) is 1.43. The highest BCUT2D eigenvalue weighted by Gasteiger charge is 2.17. The number of hydrogen-bond donors (Lipinski definition) is 1. The van der Waals surface area contributed by atoms with Crippen LogP contribution in [0.5, 0.6) is 5.75 Å². The highest BCUT2D eigenvalue weighted by molar-refractivity contribution is 8.00. The molecule has 0 saturated carbocycles. The van der Waals surface area contributed by atoms with Crippen LogP contribution < -0.4 is 10.1 Å². The number of nitrogens with one attached hydrogen (secondary N) is 1. The van der Waals surface area contributed by atoms with Gasteiger partial charge < -0.3 is 10.1 Å². The predicted molar refractivity (Wildman–Crippen MR) is 99.5 cm³/mol. The van der Waals surface area contributed by atoms with E-state index in [4.69, 9.17) is 4.74 Å². The van der Waals surface area contributed by atoms with E-state index in [0.29, 0.717) is 11.7 Å². The van der Waals surface area contributed by atoms with Crippen LogP contribution >= 0.6 is 11.8 Å². The fourth-order valence-electron chi connectivity index (χ4n) is 2.18. The van der Waals surface area contributed by atoms with Gasteiger partial charge in [-0.15, -0.1) is 11.8 Å². The van der Waals surface area contributed by atoms with Crippen molar-refractivity contribution in [2.24, 2.45) is 0 Å². The van der Waals surface area contributed by atoms with Gasteiger partial charge in [-0.2, -0.15) is 0 Å². The highest BCUT2D eigenvalue weighted by Crippen LogP contribution is 2.29. The fourth-order valence-corrected chi connectivity index (χ4v) is 2.88. The Morgan fingerprint density at radius 3 is 2.48 bits per heavy atom. The van der Waals surface area contributed by atoms with Gasteiger partial charge in [0.2, 0.25) is 5.91 Å². The molecule has 0 fully saturated rings. The molecule has 0 aliphatic heterocycles. The minimum atomic E-state index is -0.546. The SMILES string of the molecule is COc1ccc(NC(=O)CSc2ccc(C(C)C)cc2)c([N+](=O)[O-])c1. The Labute approximate surface area is 150 Å². The summed E-state index contributed by atoms with van der Waals surface area (Å²) < 4.78 is 4.98. The molecule has 0 heterocycles. The van der Waals surface area contributed by atoms with Crippen molar-refractivity contribution in [2.75, 3.05) is 18.2 Å². The number of rotatable bonds is 7. The molecule has 2 aromatic carbocycles. The molecule has 2 aromatic rings. The lowest BCUT2D eigenvalue weighted by molar-refractivity contribution is -0.384. The minimum absolute atomic E-state index is 0.159. The number of nitrogens with zero attached hydrogens (tertiary/aromatic N) is 1. The number of anilines is 1. The number of hydrogen-bond acceptors (Lipinski definition) is 5. The molecule has 0 radical (unpaired) electrons. The lowest BCUT2D eigenvalue weighted by atomic mass is 10.0. The second-order valence-corrected chi connectivity index (χ2v) is 6.75. The van der Waals surface area contributed by atoms with Crippen LogP contribution in [0, 0.1) is 10.1 Å². The van der Waals surface area contributed by atoms with Crippen molar-refractivity contribution in [3.8, 4) is 5.75 Å². The molecule has 0 aromatic heterocycles. The van der Waals surface area contributed by atoms with Gasteiger partial charge in [0.25, 0.3) is 5.69 Å². The molecule has 25 heavy (non-hydrogen) atoms. The molecule has 2 rings (SSSR count). The molecular formula is C18H20N2O4S. The lowest BCUT2D eigenvalue weighted by Gasteiger charge is -2.08. The average molecular weight is 360 g/mol. The summed E-state index contributed by atoms with van der Waals surface area (Å²) >= 11 is 1.38. The topological polar surface area (TPSA) is 81.5 Å². The van der Waals surface area contributed by atoms with Crippen molar-refractivity contribution in [1.29, 1.82) is 0 Å². The number of carbonyl (C=O) groups excluding carboxylic acids is 1. The molecule has 0 atom stereocenters. The second-order valence-electron chi connectivity index (χ2n) is 5.70. The van der Waals surface area contributed by atoms with E-state index in [-0.39, 0.29) is 23.0 Å². The molecule has 0 saturated heterocycles. The Balaban J connectivity index is 1.99. The van der Waals surface area contributed by atoms with Gasteiger partial charge >= 0.3 is 0 Å². The van der Waals surface area contributed by atoms with Crippen LogP contribution in [-0.4, -0.2) is 23.7 Å². The Hall–Kier alpha value is -2.54. The van der Waals surface area contributed by atoms with Gasteiger partial charge in [0.05, 0.1) is 23.9 Å². The molecule has 0 unspecified atom stereocenters. The molecular weight excluding hydrogens is 340 g/mol. The molecule has 0 spiro atoms. The smallest absolute Gasteiger partial charge is 0.296 e. The zero-order valence-corrected chi connectivity index (χ0v) is 15.1. The van der Waals surface area contributed by atoms with E-state index in [1.807, 2.05) is 24.3 Å². The number of carbonyl (C=O) groups is 1. The van der Waals surface area contributed by atoms with Crippen molar-refractivity contribution in [3.63, 3.8) is 0 Å². The van der Waals surface area contributed by atoms with Crippen molar-refractivity contribution < 1.29 is 14.5 Å². The number of benzene rings is 2. The first-order valence-electron chi connectivity index (χ1n) is 7.75. The summed E-state index contributed by atoms with van der Waals surface area (Å²) in [6.07, 6.45) is 0. The van der Waals surface area contributed by atoms with Gasteiger partial charge in [-0.05, 0) is 35.7 Å².